The van der Waals surface area contributed by atoms with Gasteiger partial charge in [-0.1, -0.05) is 48.0 Å². The monoisotopic (exact) mass is 481 g/mol. The lowest BCUT2D eigenvalue weighted by atomic mass is 10.2. The van der Waals surface area contributed by atoms with E-state index < -0.39 is 10.0 Å². The zero-order valence-corrected chi connectivity index (χ0v) is 20.5. The Balaban J connectivity index is 1.26. The number of hydrogen-bond acceptors (Lipinski definition) is 5. The van der Waals surface area contributed by atoms with Gasteiger partial charge in [0.1, 0.15) is 0 Å². The average molecular weight is 482 g/mol. The van der Waals surface area contributed by atoms with Crippen LogP contribution in [0, 0.1) is 6.92 Å². The van der Waals surface area contributed by atoms with Crippen LogP contribution < -0.4 is 0 Å². The standard InChI is InChI=1S/C25H31N5O3S/c1-21-8-10-24(11-9-21)34(32,33)30-14-12-28(13-15-30)25(31)20-27(2)17-23-16-26-29(19-23)18-22-6-4-3-5-7-22/h3-11,16,19H,12-15,17-18,20H2,1-2H3. The highest BCUT2D eigenvalue weighted by molar-refractivity contribution is 7.89. The summed E-state index contributed by atoms with van der Waals surface area (Å²) >= 11 is 0. The molecule has 1 aliphatic heterocycles. The maximum absolute atomic E-state index is 12.9. The molecule has 1 aliphatic rings. The van der Waals surface area contributed by atoms with Crippen LogP contribution in [0.2, 0.25) is 0 Å². The number of nitrogens with zero attached hydrogens (tertiary/aromatic N) is 5. The normalized spacial score (nSPS) is 15.1. The van der Waals surface area contributed by atoms with Crippen LogP contribution in [0.4, 0.5) is 0 Å². The number of aromatic nitrogens is 2. The number of hydrogen-bond donors (Lipinski definition) is 0. The molecule has 0 bridgehead atoms. The molecule has 1 amide bonds. The van der Waals surface area contributed by atoms with Gasteiger partial charge in [-0.3, -0.25) is 14.4 Å². The molecule has 8 nitrogen and oxygen atoms in total. The molecule has 4 rings (SSSR count). The third-order valence-corrected chi connectivity index (χ3v) is 7.89. The molecule has 1 fully saturated rings. The SMILES string of the molecule is Cc1ccc(S(=O)(=O)N2CCN(C(=O)CN(C)Cc3cnn(Cc4ccccc4)c3)CC2)cc1. The van der Waals surface area contributed by atoms with Gasteiger partial charge < -0.3 is 4.90 Å². The molecule has 0 radical (unpaired) electrons. The largest absolute Gasteiger partial charge is 0.339 e. The summed E-state index contributed by atoms with van der Waals surface area (Å²) in [5, 5.41) is 4.43. The minimum Gasteiger partial charge on any atom is -0.339 e. The summed E-state index contributed by atoms with van der Waals surface area (Å²) in [5.41, 5.74) is 3.24. The van der Waals surface area contributed by atoms with Gasteiger partial charge in [0.05, 0.1) is 24.2 Å². The van der Waals surface area contributed by atoms with E-state index in [0.29, 0.717) is 44.2 Å². The van der Waals surface area contributed by atoms with Gasteiger partial charge in [0, 0.05) is 44.5 Å². The Kier molecular flexibility index (Phi) is 7.45. The quantitative estimate of drug-likeness (QED) is 0.493. The first-order valence-corrected chi connectivity index (χ1v) is 12.8. The number of piperazine rings is 1. The van der Waals surface area contributed by atoms with Crippen molar-refractivity contribution in [2.45, 2.75) is 24.9 Å². The predicted octanol–water partition coefficient (Wildman–Crippen LogP) is 2.20. The minimum atomic E-state index is -3.54. The van der Waals surface area contributed by atoms with E-state index >= 15 is 0 Å². The molecule has 1 saturated heterocycles. The molecular weight excluding hydrogens is 450 g/mol. The fraction of sp³-hybridized carbons (Fsp3) is 0.360. The number of rotatable bonds is 8. The van der Waals surface area contributed by atoms with E-state index in [1.165, 1.54) is 9.87 Å². The van der Waals surface area contributed by atoms with Crippen LogP contribution >= 0.6 is 0 Å². The highest BCUT2D eigenvalue weighted by atomic mass is 32.2. The molecule has 2 aromatic carbocycles. The first-order valence-electron chi connectivity index (χ1n) is 11.4. The lowest BCUT2D eigenvalue weighted by Gasteiger charge is -2.34. The second-order valence-corrected chi connectivity index (χ2v) is 10.7. The summed E-state index contributed by atoms with van der Waals surface area (Å²) < 4.78 is 29.1. The van der Waals surface area contributed by atoms with Gasteiger partial charge in [0.15, 0.2) is 0 Å². The smallest absolute Gasteiger partial charge is 0.243 e. The Bertz CT molecular complexity index is 1200. The van der Waals surface area contributed by atoms with Gasteiger partial charge in [-0.15, -0.1) is 0 Å². The number of carbonyl (C=O) groups excluding carboxylic acids is 1. The highest BCUT2D eigenvalue weighted by Gasteiger charge is 2.30. The molecule has 0 spiro atoms. The number of amides is 1. The van der Waals surface area contributed by atoms with E-state index in [4.69, 9.17) is 0 Å². The summed E-state index contributed by atoms with van der Waals surface area (Å²) in [6.45, 7) is 4.92. The molecule has 0 saturated carbocycles. The van der Waals surface area contributed by atoms with Crippen molar-refractivity contribution in [2.24, 2.45) is 0 Å². The summed E-state index contributed by atoms with van der Waals surface area (Å²) in [4.78, 5) is 16.8. The maximum atomic E-state index is 12.9. The van der Waals surface area contributed by atoms with Crippen LogP contribution in [-0.2, 0) is 27.9 Å². The first kappa shape index (κ1) is 24.1. The Hall–Kier alpha value is -3.01. The van der Waals surface area contributed by atoms with Gasteiger partial charge >= 0.3 is 0 Å². The number of likely N-dealkylation sites (N-methyl/N-ethyl adjacent to an activating group) is 1. The van der Waals surface area contributed by atoms with Crippen LogP contribution in [0.15, 0.2) is 71.9 Å². The van der Waals surface area contributed by atoms with Gasteiger partial charge in [-0.2, -0.15) is 9.40 Å². The first-order chi connectivity index (χ1) is 16.3. The van der Waals surface area contributed by atoms with E-state index in [0.717, 1.165) is 11.1 Å². The zero-order valence-electron chi connectivity index (χ0n) is 19.7. The lowest BCUT2D eigenvalue weighted by Crippen LogP contribution is -2.52. The Morgan fingerprint density at radius 2 is 1.65 bits per heavy atom. The van der Waals surface area contributed by atoms with Crippen molar-refractivity contribution in [1.82, 2.24) is 23.9 Å². The highest BCUT2D eigenvalue weighted by Crippen LogP contribution is 2.18. The van der Waals surface area contributed by atoms with Crippen molar-refractivity contribution in [3.05, 3.63) is 83.7 Å². The van der Waals surface area contributed by atoms with Crippen LogP contribution in [0.1, 0.15) is 16.7 Å². The topological polar surface area (TPSA) is 78.8 Å². The third kappa shape index (κ3) is 5.91. The number of aryl methyl sites for hydroxylation is 1. The molecule has 34 heavy (non-hydrogen) atoms. The number of sulfonamides is 1. The van der Waals surface area contributed by atoms with Crippen molar-refractivity contribution in [3.8, 4) is 0 Å². The summed E-state index contributed by atoms with van der Waals surface area (Å²) in [6, 6.07) is 17.0. The van der Waals surface area contributed by atoms with Gasteiger partial charge in [-0.05, 0) is 31.7 Å². The minimum absolute atomic E-state index is 0.00608. The van der Waals surface area contributed by atoms with Crippen LogP contribution in [0.3, 0.4) is 0 Å². The zero-order chi connectivity index (χ0) is 24.1. The van der Waals surface area contributed by atoms with Crippen molar-refractivity contribution in [1.29, 1.82) is 0 Å². The predicted molar refractivity (Wildman–Crippen MR) is 131 cm³/mol. The van der Waals surface area contributed by atoms with Crippen LogP contribution in [-0.4, -0.2) is 78.0 Å². The summed E-state index contributed by atoms with van der Waals surface area (Å²) in [6.07, 6.45) is 3.83. The molecule has 9 heteroatoms. The van der Waals surface area contributed by atoms with Crippen LogP contribution in [0.25, 0.3) is 0 Å². The maximum Gasteiger partial charge on any atom is 0.243 e. The van der Waals surface area contributed by atoms with Crippen molar-refractivity contribution in [3.63, 3.8) is 0 Å². The van der Waals surface area contributed by atoms with E-state index in [9.17, 15) is 13.2 Å². The van der Waals surface area contributed by atoms with Gasteiger partial charge in [-0.25, -0.2) is 8.42 Å². The van der Waals surface area contributed by atoms with E-state index in [-0.39, 0.29) is 12.5 Å². The molecular formula is C25H31N5O3S. The van der Waals surface area contributed by atoms with Crippen molar-refractivity contribution < 1.29 is 13.2 Å². The van der Waals surface area contributed by atoms with E-state index in [2.05, 4.69) is 17.2 Å². The van der Waals surface area contributed by atoms with Gasteiger partial charge in [0.25, 0.3) is 0 Å². The summed E-state index contributed by atoms with van der Waals surface area (Å²) in [7, 11) is -1.63. The van der Waals surface area contributed by atoms with Crippen molar-refractivity contribution in [2.75, 3.05) is 39.8 Å². The Labute approximate surface area is 201 Å². The Morgan fingerprint density at radius 3 is 2.32 bits per heavy atom. The molecule has 1 aromatic heterocycles. The number of benzene rings is 2. The molecule has 0 N–H and O–H groups in total. The molecule has 180 valence electrons. The third-order valence-electron chi connectivity index (χ3n) is 5.98. The van der Waals surface area contributed by atoms with Crippen molar-refractivity contribution >= 4 is 15.9 Å². The molecule has 3 aromatic rings. The number of carbonyl (C=O) groups is 1. The second-order valence-electron chi connectivity index (χ2n) is 8.80. The average Bonchev–Trinajstić information content (AvgIpc) is 3.26. The van der Waals surface area contributed by atoms with Crippen LogP contribution in [0.5, 0.6) is 0 Å². The lowest BCUT2D eigenvalue weighted by molar-refractivity contribution is -0.133. The molecule has 0 unspecified atom stereocenters. The second kappa shape index (κ2) is 10.5. The fourth-order valence-electron chi connectivity index (χ4n) is 4.08. The summed E-state index contributed by atoms with van der Waals surface area (Å²) in [5.74, 6) is 0.00608. The fourth-order valence-corrected chi connectivity index (χ4v) is 5.50. The Morgan fingerprint density at radius 1 is 0.971 bits per heavy atom. The molecule has 0 aliphatic carbocycles. The van der Waals surface area contributed by atoms with Gasteiger partial charge in [0.2, 0.25) is 15.9 Å². The molecule has 0 atom stereocenters. The van der Waals surface area contributed by atoms with E-state index in [1.54, 1.807) is 29.2 Å². The molecule has 2 heterocycles. The van der Waals surface area contributed by atoms with E-state index in [1.807, 2.05) is 54.1 Å².